The molecule has 2 aromatic carbocycles. The number of carboxylic acids is 1. The predicted octanol–water partition coefficient (Wildman–Crippen LogP) is 2.07. The molecule has 0 saturated carbocycles. The van der Waals surface area contributed by atoms with Crippen molar-refractivity contribution < 1.29 is 23.1 Å². The smallest absolute Gasteiger partial charge is 0.311 e. The summed E-state index contributed by atoms with van der Waals surface area (Å²) in [5, 5.41) is 12.4. The number of allylic oxidation sites excluding steroid dienone is 1. The van der Waals surface area contributed by atoms with E-state index in [1.165, 1.54) is 12.1 Å². The van der Waals surface area contributed by atoms with Gasteiger partial charge in [0.05, 0.1) is 16.4 Å². The summed E-state index contributed by atoms with van der Waals surface area (Å²) in [7, 11) is -3.99. The fourth-order valence-corrected chi connectivity index (χ4v) is 4.45. The highest BCUT2D eigenvalue weighted by Gasteiger charge is 2.33. The zero-order chi connectivity index (χ0) is 20.9. The second-order valence-electron chi connectivity index (χ2n) is 6.76. The first-order valence-corrected chi connectivity index (χ1v) is 10.7. The van der Waals surface area contributed by atoms with E-state index in [4.69, 9.17) is 0 Å². The first-order valence-electron chi connectivity index (χ1n) is 9.24. The van der Waals surface area contributed by atoms with E-state index in [0.717, 1.165) is 5.56 Å². The average Bonchev–Trinajstić information content (AvgIpc) is 2.90. The van der Waals surface area contributed by atoms with Crippen LogP contribution in [0.25, 0.3) is 0 Å². The standard InChI is InChI=1S/C21H22N2O5S/c24-20-19(17(21(25)26)12-7-13-22-20)18(14-15-8-3-1-4-9-15)23-29(27,28)16-10-5-2-6-11-16/h1-6,8-11,17,23H,7,12-14H2,(H,22,24)(H,25,26). The van der Waals surface area contributed by atoms with Crippen LogP contribution in [0.1, 0.15) is 18.4 Å². The maximum absolute atomic E-state index is 12.9. The van der Waals surface area contributed by atoms with Crippen molar-refractivity contribution >= 4 is 21.9 Å². The first-order chi connectivity index (χ1) is 13.9. The van der Waals surface area contributed by atoms with Crippen LogP contribution in [0, 0.1) is 5.92 Å². The maximum atomic E-state index is 12.9. The molecule has 3 N–H and O–H groups in total. The molecular weight excluding hydrogens is 392 g/mol. The first kappa shape index (κ1) is 20.6. The van der Waals surface area contributed by atoms with Gasteiger partial charge in [-0.2, -0.15) is 0 Å². The largest absolute Gasteiger partial charge is 0.481 e. The van der Waals surface area contributed by atoms with Gasteiger partial charge in [0, 0.05) is 18.7 Å². The van der Waals surface area contributed by atoms with E-state index < -0.39 is 27.8 Å². The molecule has 1 aliphatic heterocycles. The van der Waals surface area contributed by atoms with Crippen molar-refractivity contribution in [3.63, 3.8) is 0 Å². The van der Waals surface area contributed by atoms with Gasteiger partial charge in [-0.15, -0.1) is 0 Å². The van der Waals surface area contributed by atoms with Crippen LogP contribution in [-0.4, -0.2) is 31.9 Å². The molecule has 1 fully saturated rings. The minimum absolute atomic E-state index is 0.0343. The van der Waals surface area contributed by atoms with E-state index in [-0.39, 0.29) is 29.0 Å². The molecule has 0 aromatic heterocycles. The third kappa shape index (κ3) is 5.03. The number of carboxylic acid groups (broad SMARTS) is 1. The third-order valence-electron chi connectivity index (χ3n) is 4.71. The molecule has 1 amide bonds. The molecule has 0 aliphatic carbocycles. The van der Waals surface area contributed by atoms with Gasteiger partial charge in [0.15, 0.2) is 0 Å². The van der Waals surface area contributed by atoms with Crippen LogP contribution < -0.4 is 10.0 Å². The van der Waals surface area contributed by atoms with E-state index in [1.807, 2.05) is 6.07 Å². The normalized spacial score (nSPS) is 19.0. The Balaban J connectivity index is 2.12. The summed E-state index contributed by atoms with van der Waals surface area (Å²) in [4.78, 5) is 24.6. The third-order valence-corrected chi connectivity index (χ3v) is 6.11. The monoisotopic (exact) mass is 414 g/mol. The van der Waals surface area contributed by atoms with Gasteiger partial charge in [-0.05, 0) is 30.5 Å². The molecule has 8 heteroatoms. The molecule has 1 heterocycles. The lowest BCUT2D eigenvalue weighted by Crippen LogP contribution is -2.34. The summed E-state index contributed by atoms with van der Waals surface area (Å²) in [5.74, 6) is -2.80. The maximum Gasteiger partial charge on any atom is 0.311 e. The van der Waals surface area contributed by atoms with Crippen molar-refractivity contribution in [3.05, 3.63) is 77.5 Å². The van der Waals surface area contributed by atoms with Crippen molar-refractivity contribution in [1.29, 1.82) is 0 Å². The van der Waals surface area contributed by atoms with Crippen LogP contribution in [0.4, 0.5) is 0 Å². The lowest BCUT2D eigenvalue weighted by molar-refractivity contribution is -0.141. The van der Waals surface area contributed by atoms with Crippen LogP contribution in [0.2, 0.25) is 0 Å². The summed E-state index contributed by atoms with van der Waals surface area (Å²) in [6.45, 7) is 0.343. The van der Waals surface area contributed by atoms with Gasteiger partial charge < -0.3 is 10.4 Å². The molecular formula is C21H22N2O5S. The second kappa shape index (κ2) is 8.91. The van der Waals surface area contributed by atoms with E-state index in [1.54, 1.807) is 42.5 Å². The molecule has 1 saturated heterocycles. The molecule has 1 aliphatic rings. The molecule has 0 spiro atoms. The van der Waals surface area contributed by atoms with Gasteiger partial charge in [-0.3, -0.25) is 14.3 Å². The SMILES string of the molecule is O=C1NCCCC(C(=O)O)C1=C(Cc1ccccc1)NS(=O)(=O)c1ccccc1. The van der Waals surface area contributed by atoms with Gasteiger partial charge in [0.25, 0.3) is 10.0 Å². The molecule has 7 nitrogen and oxygen atoms in total. The Morgan fingerprint density at radius 2 is 1.69 bits per heavy atom. The van der Waals surface area contributed by atoms with Crippen LogP contribution in [0.5, 0.6) is 0 Å². The van der Waals surface area contributed by atoms with E-state index in [2.05, 4.69) is 10.0 Å². The number of nitrogens with one attached hydrogen (secondary N) is 2. The number of sulfonamides is 1. The summed E-state index contributed by atoms with van der Waals surface area (Å²) < 4.78 is 28.3. The molecule has 1 atom stereocenters. The van der Waals surface area contributed by atoms with E-state index >= 15 is 0 Å². The number of rotatable bonds is 6. The summed E-state index contributed by atoms with van der Waals surface area (Å²) in [5.41, 5.74) is 0.789. The summed E-state index contributed by atoms with van der Waals surface area (Å²) >= 11 is 0. The minimum Gasteiger partial charge on any atom is -0.481 e. The number of hydrogen-bond acceptors (Lipinski definition) is 4. The molecule has 1 unspecified atom stereocenters. The topological polar surface area (TPSA) is 113 Å². The van der Waals surface area contributed by atoms with Crippen molar-refractivity contribution in [2.75, 3.05) is 6.54 Å². The van der Waals surface area contributed by atoms with Crippen molar-refractivity contribution in [2.24, 2.45) is 5.92 Å². The Morgan fingerprint density at radius 3 is 2.31 bits per heavy atom. The van der Waals surface area contributed by atoms with Crippen LogP contribution in [0.15, 0.2) is 76.8 Å². The molecule has 0 bridgehead atoms. The van der Waals surface area contributed by atoms with Crippen molar-refractivity contribution in [1.82, 2.24) is 10.0 Å². The lowest BCUT2D eigenvalue weighted by Gasteiger charge is -2.20. The van der Waals surface area contributed by atoms with Gasteiger partial charge in [-0.25, -0.2) is 8.42 Å². The molecule has 29 heavy (non-hydrogen) atoms. The lowest BCUT2D eigenvalue weighted by atomic mass is 9.91. The fraction of sp³-hybridized carbons (Fsp3) is 0.238. The van der Waals surface area contributed by atoms with Crippen LogP contribution >= 0.6 is 0 Å². The number of carbonyl (C=O) groups excluding carboxylic acids is 1. The number of benzene rings is 2. The van der Waals surface area contributed by atoms with Crippen LogP contribution in [-0.2, 0) is 26.0 Å². The minimum atomic E-state index is -3.99. The molecule has 0 radical (unpaired) electrons. The van der Waals surface area contributed by atoms with Crippen molar-refractivity contribution in [3.8, 4) is 0 Å². The van der Waals surface area contributed by atoms with E-state index in [0.29, 0.717) is 13.0 Å². The molecule has 152 valence electrons. The zero-order valence-electron chi connectivity index (χ0n) is 15.7. The highest BCUT2D eigenvalue weighted by atomic mass is 32.2. The zero-order valence-corrected chi connectivity index (χ0v) is 16.5. The van der Waals surface area contributed by atoms with Gasteiger partial charge in [0.1, 0.15) is 0 Å². The Morgan fingerprint density at radius 1 is 1.07 bits per heavy atom. The predicted molar refractivity (Wildman–Crippen MR) is 107 cm³/mol. The average molecular weight is 414 g/mol. The number of amides is 1. The quantitative estimate of drug-likeness (QED) is 0.627. The van der Waals surface area contributed by atoms with Gasteiger partial charge in [0.2, 0.25) is 5.91 Å². The van der Waals surface area contributed by atoms with Crippen LogP contribution in [0.3, 0.4) is 0 Å². The fourth-order valence-electron chi connectivity index (χ4n) is 3.31. The highest BCUT2D eigenvalue weighted by molar-refractivity contribution is 7.89. The Hall–Kier alpha value is -3.13. The molecule has 3 rings (SSSR count). The Labute approximate surface area is 169 Å². The Bertz CT molecular complexity index is 1020. The van der Waals surface area contributed by atoms with E-state index in [9.17, 15) is 23.1 Å². The number of carbonyl (C=O) groups is 2. The molecule has 2 aromatic rings. The number of hydrogen-bond donors (Lipinski definition) is 3. The van der Waals surface area contributed by atoms with Gasteiger partial charge in [-0.1, -0.05) is 48.5 Å². The summed E-state index contributed by atoms with van der Waals surface area (Å²) in [6, 6.07) is 16.8. The van der Waals surface area contributed by atoms with Crippen molar-refractivity contribution in [2.45, 2.75) is 24.2 Å². The van der Waals surface area contributed by atoms with Gasteiger partial charge >= 0.3 is 5.97 Å². The second-order valence-corrected chi connectivity index (χ2v) is 8.44. The Kier molecular flexibility index (Phi) is 6.33. The highest BCUT2D eigenvalue weighted by Crippen LogP contribution is 2.26. The number of aliphatic carboxylic acids is 1. The summed E-state index contributed by atoms with van der Waals surface area (Å²) in [6.07, 6.45) is 0.824.